The van der Waals surface area contributed by atoms with Crippen LogP contribution >= 0.6 is 12.4 Å². The number of urea groups is 1. The fourth-order valence-corrected chi connectivity index (χ4v) is 3.01. The van der Waals surface area contributed by atoms with Crippen LogP contribution < -0.4 is 11.1 Å². The Balaban J connectivity index is 0.00000529. The third-order valence-corrected chi connectivity index (χ3v) is 4.40. The molecule has 24 heavy (non-hydrogen) atoms. The van der Waals surface area contributed by atoms with Crippen molar-refractivity contribution in [3.63, 3.8) is 0 Å². The Morgan fingerprint density at radius 3 is 2.46 bits per heavy atom. The molecule has 0 radical (unpaired) electrons. The first-order valence-corrected chi connectivity index (χ1v) is 8.36. The van der Waals surface area contributed by atoms with Crippen LogP contribution in [0.2, 0.25) is 0 Å². The fourth-order valence-electron chi connectivity index (χ4n) is 3.01. The number of likely N-dealkylation sites (tertiary alicyclic amines) is 1. The van der Waals surface area contributed by atoms with Crippen LogP contribution in [0.1, 0.15) is 34.1 Å². The second-order valence-electron chi connectivity index (χ2n) is 7.11. The summed E-state index contributed by atoms with van der Waals surface area (Å²) in [5.74, 6) is 0.792. The number of nitrogens with zero attached hydrogens (tertiary/aromatic N) is 2. The van der Waals surface area contributed by atoms with Gasteiger partial charge in [0.2, 0.25) is 5.91 Å². The third kappa shape index (κ3) is 7.53. The van der Waals surface area contributed by atoms with E-state index in [9.17, 15) is 9.59 Å². The van der Waals surface area contributed by atoms with Gasteiger partial charge in [-0.1, -0.05) is 25.5 Å². The van der Waals surface area contributed by atoms with E-state index in [0.717, 1.165) is 26.1 Å². The number of nitrogens with two attached hydrogens (primary N) is 1. The van der Waals surface area contributed by atoms with Crippen LogP contribution in [0.15, 0.2) is 11.6 Å². The number of hydrogen-bond donors (Lipinski definition) is 2. The fraction of sp³-hybridized carbons (Fsp3) is 0.765. The zero-order valence-electron chi connectivity index (χ0n) is 15.5. The lowest BCUT2D eigenvalue weighted by molar-refractivity contribution is -0.122. The SMILES string of the molecule is CC(C)=CCCN1C[C@H](NC(=O)CN(C)C(N)=O)[C@@H](C(C)C)C1.Cl. The van der Waals surface area contributed by atoms with Gasteiger partial charge in [0.25, 0.3) is 0 Å². The molecule has 2 atom stereocenters. The summed E-state index contributed by atoms with van der Waals surface area (Å²) >= 11 is 0. The highest BCUT2D eigenvalue weighted by Crippen LogP contribution is 2.24. The number of amides is 3. The van der Waals surface area contributed by atoms with Crippen molar-refractivity contribution in [1.29, 1.82) is 0 Å². The lowest BCUT2D eigenvalue weighted by Crippen LogP contribution is -2.47. The zero-order valence-corrected chi connectivity index (χ0v) is 16.4. The number of halogens is 1. The van der Waals surface area contributed by atoms with Crippen LogP contribution in [-0.2, 0) is 4.79 Å². The number of primary amides is 1. The summed E-state index contributed by atoms with van der Waals surface area (Å²) in [5.41, 5.74) is 6.50. The Kier molecular flexibility index (Phi) is 10.0. The van der Waals surface area contributed by atoms with Gasteiger partial charge in [-0.3, -0.25) is 4.79 Å². The van der Waals surface area contributed by atoms with Crippen LogP contribution in [-0.4, -0.2) is 61.0 Å². The van der Waals surface area contributed by atoms with Crippen molar-refractivity contribution < 1.29 is 9.59 Å². The quantitative estimate of drug-likeness (QED) is 0.680. The molecule has 1 saturated heterocycles. The summed E-state index contributed by atoms with van der Waals surface area (Å²) in [6, 6.07) is -0.453. The highest BCUT2D eigenvalue weighted by atomic mass is 35.5. The molecule has 1 rings (SSSR count). The Bertz CT molecular complexity index is 450. The predicted molar refractivity (Wildman–Crippen MR) is 100 cm³/mol. The first-order chi connectivity index (χ1) is 10.7. The monoisotopic (exact) mass is 360 g/mol. The molecular weight excluding hydrogens is 328 g/mol. The predicted octanol–water partition coefficient (Wildman–Crippen LogP) is 1.85. The topological polar surface area (TPSA) is 78.7 Å². The van der Waals surface area contributed by atoms with E-state index in [0.29, 0.717) is 11.8 Å². The number of carbonyl (C=O) groups excluding carboxylic acids is 2. The van der Waals surface area contributed by atoms with Gasteiger partial charge in [0.05, 0.1) is 0 Å². The van der Waals surface area contributed by atoms with Crippen molar-refractivity contribution >= 4 is 24.3 Å². The number of hydrogen-bond acceptors (Lipinski definition) is 3. The normalized spacial score (nSPS) is 20.4. The Labute approximate surface area is 152 Å². The first kappa shape index (κ1) is 22.7. The van der Waals surface area contributed by atoms with E-state index >= 15 is 0 Å². The lowest BCUT2D eigenvalue weighted by Gasteiger charge is -2.24. The molecule has 0 unspecified atom stereocenters. The minimum absolute atomic E-state index is 0. The molecule has 1 heterocycles. The Hall–Kier alpha value is -1.27. The molecule has 0 aromatic heterocycles. The Morgan fingerprint density at radius 2 is 1.96 bits per heavy atom. The molecule has 3 amide bonds. The summed E-state index contributed by atoms with van der Waals surface area (Å²) in [7, 11) is 1.53. The van der Waals surface area contributed by atoms with Crippen molar-refractivity contribution in [2.45, 2.75) is 40.2 Å². The summed E-state index contributed by atoms with van der Waals surface area (Å²) < 4.78 is 0. The van der Waals surface area contributed by atoms with E-state index in [1.807, 2.05) is 0 Å². The van der Waals surface area contributed by atoms with Crippen molar-refractivity contribution in [2.24, 2.45) is 17.6 Å². The van der Waals surface area contributed by atoms with Gasteiger partial charge in [-0.2, -0.15) is 0 Å². The van der Waals surface area contributed by atoms with Crippen molar-refractivity contribution in [3.8, 4) is 0 Å². The molecule has 7 heteroatoms. The smallest absolute Gasteiger partial charge is 0.314 e. The average molecular weight is 361 g/mol. The van der Waals surface area contributed by atoms with Crippen LogP contribution in [0.4, 0.5) is 4.79 Å². The maximum absolute atomic E-state index is 12.1. The van der Waals surface area contributed by atoms with E-state index in [4.69, 9.17) is 5.73 Å². The van der Waals surface area contributed by atoms with Crippen LogP contribution in [0.25, 0.3) is 0 Å². The summed E-state index contributed by atoms with van der Waals surface area (Å²) in [4.78, 5) is 26.8. The number of likely N-dealkylation sites (N-methyl/N-ethyl adjacent to an activating group) is 1. The molecule has 140 valence electrons. The van der Waals surface area contributed by atoms with Gasteiger partial charge in [0.1, 0.15) is 6.54 Å². The van der Waals surface area contributed by atoms with Crippen molar-refractivity contribution in [3.05, 3.63) is 11.6 Å². The Morgan fingerprint density at radius 1 is 1.33 bits per heavy atom. The van der Waals surface area contributed by atoms with E-state index in [1.165, 1.54) is 17.5 Å². The molecule has 1 fully saturated rings. The molecule has 1 aliphatic rings. The maximum atomic E-state index is 12.1. The second-order valence-corrected chi connectivity index (χ2v) is 7.11. The number of carbonyl (C=O) groups is 2. The molecule has 1 aliphatic heterocycles. The van der Waals surface area contributed by atoms with Gasteiger partial charge >= 0.3 is 6.03 Å². The molecule has 0 aliphatic carbocycles. The summed E-state index contributed by atoms with van der Waals surface area (Å²) in [6.45, 7) is 11.5. The van der Waals surface area contributed by atoms with Crippen LogP contribution in [0.5, 0.6) is 0 Å². The van der Waals surface area contributed by atoms with E-state index < -0.39 is 6.03 Å². The van der Waals surface area contributed by atoms with Gasteiger partial charge in [-0.05, 0) is 32.1 Å². The van der Waals surface area contributed by atoms with Gasteiger partial charge in [0, 0.05) is 32.7 Å². The molecule has 0 saturated carbocycles. The third-order valence-electron chi connectivity index (χ3n) is 4.40. The van der Waals surface area contributed by atoms with Gasteiger partial charge in [-0.15, -0.1) is 12.4 Å². The largest absolute Gasteiger partial charge is 0.351 e. The summed E-state index contributed by atoms with van der Waals surface area (Å²) in [5, 5.41) is 3.08. The van der Waals surface area contributed by atoms with Crippen LogP contribution in [0, 0.1) is 11.8 Å². The van der Waals surface area contributed by atoms with Gasteiger partial charge in [0.15, 0.2) is 0 Å². The molecular formula is C17H33ClN4O2. The number of nitrogens with one attached hydrogen (secondary N) is 1. The molecule has 3 N–H and O–H groups in total. The highest BCUT2D eigenvalue weighted by Gasteiger charge is 2.35. The lowest BCUT2D eigenvalue weighted by atomic mass is 9.91. The zero-order chi connectivity index (χ0) is 17.6. The molecule has 6 nitrogen and oxygen atoms in total. The number of allylic oxidation sites excluding steroid dienone is 1. The minimum atomic E-state index is -0.588. The molecule has 0 aromatic carbocycles. The van der Waals surface area contributed by atoms with Crippen molar-refractivity contribution in [1.82, 2.24) is 15.1 Å². The second kappa shape index (κ2) is 10.6. The van der Waals surface area contributed by atoms with E-state index in [2.05, 4.69) is 44.0 Å². The molecule has 0 aromatic rings. The molecule has 0 bridgehead atoms. The van der Waals surface area contributed by atoms with Gasteiger partial charge in [-0.25, -0.2) is 4.79 Å². The maximum Gasteiger partial charge on any atom is 0.314 e. The molecule has 0 spiro atoms. The average Bonchev–Trinajstić information content (AvgIpc) is 2.81. The van der Waals surface area contributed by atoms with E-state index in [1.54, 1.807) is 0 Å². The minimum Gasteiger partial charge on any atom is -0.351 e. The number of rotatable bonds is 7. The van der Waals surface area contributed by atoms with Crippen LogP contribution in [0.3, 0.4) is 0 Å². The standard InChI is InChI=1S/C17H32N4O2.ClH/c1-12(2)7-6-8-21-9-14(13(3)4)15(10-21)19-16(22)11-20(5)17(18)23;/h7,13-15H,6,8-11H2,1-5H3,(H2,18,23)(H,19,22);1H/t14-,15+;/m1./s1. The first-order valence-electron chi connectivity index (χ1n) is 8.36. The highest BCUT2D eigenvalue weighted by molar-refractivity contribution is 5.85. The van der Waals surface area contributed by atoms with Gasteiger partial charge < -0.3 is 20.9 Å². The summed E-state index contributed by atoms with van der Waals surface area (Å²) in [6.07, 6.45) is 3.29. The van der Waals surface area contributed by atoms with Crippen molar-refractivity contribution in [2.75, 3.05) is 33.2 Å². The van der Waals surface area contributed by atoms with E-state index in [-0.39, 0.29) is 30.9 Å².